The number of esters is 1. The Bertz CT molecular complexity index is 1230. The highest BCUT2D eigenvalue weighted by atomic mass is 35.5. The van der Waals surface area contributed by atoms with Crippen LogP contribution in [0.2, 0.25) is 10.0 Å². The number of nitrogens with zero attached hydrogens (tertiary/aromatic N) is 1. The standard InChI is InChI=1S/C22H17Cl2NO5S/c1-25(17-7-3-2-4-8-17)31(28,29)18-9-5-6-15(12-18)22(27)30-14-21(26)19-11-10-16(23)13-20(19)24/h2-13H,14H2,1H3. The number of carbonyl (C=O) groups is 2. The first kappa shape index (κ1) is 22.8. The van der Waals surface area contributed by atoms with E-state index in [2.05, 4.69) is 0 Å². The molecule has 0 aromatic heterocycles. The van der Waals surface area contributed by atoms with Gasteiger partial charge in [0, 0.05) is 17.6 Å². The van der Waals surface area contributed by atoms with Gasteiger partial charge < -0.3 is 4.74 Å². The summed E-state index contributed by atoms with van der Waals surface area (Å²) in [4.78, 5) is 24.6. The molecular formula is C22H17Cl2NO5S. The molecule has 0 unspecified atom stereocenters. The number of hydrogen-bond donors (Lipinski definition) is 0. The number of anilines is 1. The largest absolute Gasteiger partial charge is 0.454 e. The Morgan fingerprint density at radius 3 is 2.32 bits per heavy atom. The van der Waals surface area contributed by atoms with E-state index in [1.807, 2.05) is 0 Å². The summed E-state index contributed by atoms with van der Waals surface area (Å²) in [5.41, 5.74) is 0.637. The van der Waals surface area contributed by atoms with Gasteiger partial charge in [-0.05, 0) is 48.5 Å². The van der Waals surface area contributed by atoms with Crippen molar-refractivity contribution >= 4 is 50.7 Å². The normalized spacial score (nSPS) is 11.1. The number of para-hydroxylation sites is 1. The average molecular weight is 478 g/mol. The maximum absolute atomic E-state index is 12.9. The van der Waals surface area contributed by atoms with Gasteiger partial charge in [-0.25, -0.2) is 13.2 Å². The van der Waals surface area contributed by atoms with Crippen molar-refractivity contribution in [2.45, 2.75) is 4.90 Å². The van der Waals surface area contributed by atoms with Crippen LogP contribution in [0.25, 0.3) is 0 Å². The molecule has 0 N–H and O–H groups in total. The van der Waals surface area contributed by atoms with Crippen LogP contribution in [0.15, 0.2) is 77.7 Å². The molecule has 0 atom stereocenters. The first-order valence-corrected chi connectivity index (χ1v) is 11.2. The van der Waals surface area contributed by atoms with Gasteiger partial charge in [-0.1, -0.05) is 47.5 Å². The van der Waals surface area contributed by atoms with Crippen LogP contribution >= 0.6 is 23.2 Å². The zero-order valence-corrected chi connectivity index (χ0v) is 18.6. The number of ether oxygens (including phenoxy) is 1. The Kier molecular flexibility index (Phi) is 7.00. The lowest BCUT2D eigenvalue weighted by atomic mass is 10.1. The second-order valence-corrected chi connectivity index (χ2v) is 9.27. The van der Waals surface area contributed by atoms with E-state index < -0.39 is 28.4 Å². The van der Waals surface area contributed by atoms with Crippen molar-refractivity contribution in [1.29, 1.82) is 0 Å². The van der Waals surface area contributed by atoms with E-state index in [9.17, 15) is 18.0 Å². The molecule has 9 heteroatoms. The van der Waals surface area contributed by atoms with Gasteiger partial charge in [0.25, 0.3) is 10.0 Å². The number of sulfonamides is 1. The Morgan fingerprint density at radius 1 is 0.935 bits per heavy atom. The minimum Gasteiger partial charge on any atom is -0.454 e. The Hall–Kier alpha value is -2.87. The van der Waals surface area contributed by atoms with Gasteiger partial charge in [0.05, 0.1) is 21.2 Å². The van der Waals surface area contributed by atoms with Crippen molar-refractivity contribution in [3.05, 3.63) is 94.0 Å². The van der Waals surface area contributed by atoms with Crippen molar-refractivity contribution < 1.29 is 22.7 Å². The highest BCUT2D eigenvalue weighted by Gasteiger charge is 2.23. The van der Waals surface area contributed by atoms with Gasteiger partial charge in [-0.3, -0.25) is 9.10 Å². The molecule has 0 aliphatic carbocycles. The number of Topliss-reactive ketones (excluding diaryl/α,β-unsaturated/α-hetero) is 1. The molecule has 31 heavy (non-hydrogen) atoms. The van der Waals surface area contributed by atoms with Crippen LogP contribution < -0.4 is 4.31 Å². The molecule has 6 nitrogen and oxygen atoms in total. The summed E-state index contributed by atoms with van der Waals surface area (Å²) in [6, 6.07) is 18.3. The van der Waals surface area contributed by atoms with E-state index in [-0.39, 0.29) is 21.0 Å². The summed E-state index contributed by atoms with van der Waals surface area (Å²) in [6.45, 7) is -0.554. The molecule has 0 aliphatic rings. The second kappa shape index (κ2) is 9.51. The van der Waals surface area contributed by atoms with Gasteiger partial charge >= 0.3 is 5.97 Å². The lowest BCUT2D eigenvalue weighted by Crippen LogP contribution is -2.26. The minimum atomic E-state index is -3.90. The molecule has 3 aromatic carbocycles. The third-order valence-corrected chi connectivity index (χ3v) is 6.74. The highest BCUT2D eigenvalue weighted by Crippen LogP contribution is 2.23. The maximum atomic E-state index is 12.9. The Balaban J connectivity index is 1.75. The van der Waals surface area contributed by atoms with Gasteiger partial charge in [-0.2, -0.15) is 0 Å². The molecule has 0 saturated heterocycles. The predicted molar refractivity (Wildman–Crippen MR) is 120 cm³/mol. The molecule has 0 spiro atoms. The smallest absolute Gasteiger partial charge is 0.338 e. The summed E-state index contributed by atoms with van der Waals surface area (Å²) in [5, 5.41) is 0.516. The van der Waals surface area contributed by atoms with E-state index in [0.717, 1.165) is 4.31 Å². The third kappa shape index (κ3) is 5.25. The molecular weight excluding hydrogens is 461 g/mol. The molecule has 0 amide bonds. The first-order chi connectivity index (χ1) is 14.7. The first-order valence-electron chi connectivity index (χ1n) is 8.99. The summed E-state index contributed by atoms with van der Waals surface area (Å²) in [7, 11) is -2.48. The summed E-state index contributed by atoms with van der Waals surface area (Å²) < 4.78 is 32.0. The van der Waals surface area contributed by atoms with Gasteiger partial charge in [-0.15, -0.1) is 0 Å². The number of carbonyl (C=O) groups excluding carboxylic acids is 2. The lowest BCUT2D eigenvalue weighted by Gasteiger charge is -2.19. The van der Waals surface area contributed by atoms with E-state index >= 15 is 0 Å². The SMILES string of the molecule is CN(c1ccccc1)S(=O)(=O)c1cccc(C(=O)OCC(=O)c2ccc(Cl)cc2Cl)c1. The Morgan fingerprint density at radius 2 is 1.65 bits per heavy atom. The van der Waals surface area contributed by atoms with Crippen LogP contribution in [0.5, 0.6) is 0 Å². The molecule has 3 rings (SSSR count). The topological polar surface area (TPSA) is 80.8 Å². The van der Waals surface area contributed by atoms with Crippen LogP contribution in [0.4, 0.5) is 5.69 Å². The minimum absolute atomic E-state index is 0.00228. The molecule has 0 saturated carbocycles. The van der Waals surface area contributed by atoms with Crippen LogP contribution in [-0.2, 0) is 14.8 Å². The van der Waals surface area contributed by atoms with Gasteiger partial charge in [0.15, 0.2) is 6.61 Å². The van der Waals surface area contributed by atoms with E-state index in [4.69, 9.17) is 27.9 Å². The predicted octanol–water partition coefficient (Wildman–Crippen LogP) is 4.86. The van der Waals surface area contributed by atoms with Crippen LogP contribution in [-0.4, -0.2) is 33.8 Å². The van der Waals surface area contributed by atoms with Gasteiger partial charge in [0.2, 0.25) is 5.78 Å². The quantitative estimate of drug-likeness (QED) is 0.358. The van der Waals surface area contributed by atoms with Crippen molar-refractivity contribution in [1.82, 2.24) is 0 Å². The molecule has 3 aromatic rings. The molecule has 0 fully saturated rings. The van der Waals surface area contributed by atoms with E-state index in [0.29, 0.717) is 10.7 Å². The van der Waals surface area contributed by atoms with Crippen LogP contribution in [0, 0.1) is 0 Å². The fourth-order valence-electron chi connectivity index (χ4n) is 2.73. The van der Waals surface area contributed by atoms with Crippen molar-refractivity contribution in [2.24, 2.45) is 0 Å². The molecule has 0 radical (unpaired) electrons. The molecule has 0 aliphatic heterocycles. The van der Waals surface area contributed by atoms with E-state index in [1.165, 1.54) is 49.5 Å². The zero-order valence-electron chi connectivity index (χ0n) is 16.3. The zero-order chi connectivity index (χ0) is 22.6. The average Bonchev–Trinajstić information content (AvgIpc) is 2.77. The Labute approximate surface area is 190 Å². The van der Waals surface area contributed by atoms with Crippen molar-refractivity contribution in [3.8, 4) is 0 Å². The lowest BCUT2D eigenvalue weighted by molar-refractivity contribution is 0.0474. The fourth-order valence-corrected chi connectivity index (χ4v) is 4.48. The second-order valence-electron chi connectivity index (χ2n) is 6.46. The number of ketones is 1. The number of benzene rings is 3. The van der Waals surface area contributed by atoms with Crippen molar-refractivity contribution in [2.75, 3.05) is 18.0 Å². The van der Waals surface area contributed by atoms with E-state index in [1.54, 1.807) is 30.3 Å². The van der Waals surface area contributed by atoms with Crippen molar-refractivity contribution in [3.63, 3.8) is 0 Å². The number of hydrogen-bond acceptors (Lipinski definition) is 5. The van der Waals surface area contributed by atoms with Crippen LogP contribution in [0.3, 0.4) is 0 Å². The fraction of sp³-hybridized carbons (Fsp3) is 0.0909. The molecule has 160 valence electrons. The monoisotopic (exact) mass is 477 g/mol. The molecule has 0 bridgehead atoms. The summed E-state index contributed by atoms with van der Waals surface area (Å²) in [5.74, 6) is -1.35. The molecule has 0 heterocycles. The van der Waals surface area contributed by atoms with Gasteiger partial charge in [0.1, 0.15) is 0 Å². The maximum Gasteiger partial charge on any atom is 0.338 e. The number of rotatable bonds is 7. The highest BCUT2D eigenvalue weighted by molar-refractivity contribution is 7.92. The third-order valence-electron chi connectivity index (χ3n) is 4.41. The van der Waals surface area contributed by atoms with Crippen LogP contribution in [0.1, 0.15) is 20.7 Å². The summed E-state index contributed by atoms with van der Waals surface area (Å²) in [6.07, 6.45) is 0. The number of halogens is 2. The summed E-state index contributed by atoms with van der Waals surface area (Å²) >= 11 is 11.8.